The molecule has 0 atom stereocenters. The van der Waals surface area contributed by atoms with Crippen LogP contribution in [0.15, 0.2) is 54.9 Å². The standard InChI is InChI=1S/C21H17FN6O/c22-15-4-1-13(2-5-15)21(29)27-20-9-18-14(10-24-20)3-6-17(26-18)16-11-25-28-8-7-23-12-19(16)28/h1-6,9-11,23H,7-8,12H2,(H,24,27,29). The first-order valence-corrected chi connectivity index (χ1v) is 9.27. The minimum atomic E-state index is -0.389. The molecule has 1 aliphatic rings. The Morgan fingerprint density at radius 3 is 2.86 bits per heavy atom. The van der Waals surface area contributed by atoms with Crippen LogP contribution in [0.5, 0.6) is 0 Å². The van der Waals surface area contributed by atoms with Crippen LogP contribution in [0.2, 0.25) is 0 Å². The molecule has 0 aliphatic carbocycles. The molecule has 7 nitrogen and oxygen atoms in total. The Bertz CT molecular complexity index is 1220. The van der Waals surface area contributed by atoms with Crippen LogP contribution in [-0.4, -0.2) is 32.2 Å². The molecule has 0 unspecified atom stereocenters. The van der Waals surface area contributed by atoms with Gasteiger partial charge in [-0.3, -0.25) is 9.48 Å². The summed E-state index contributed by atoms with van der Waals surface area (Å²) in [6.45, 7) is 2.50. The van der Waals surface area contributed by atoms with Gasteiger partial charge in [-0.05, 0) is 36.4 Å². The van der Waals surface area contributed by atoms with Crippen LogP contribution in [0.3, 0.4) is 0 Å². The van der Waals surface area contributed by atoms with E-state index in [1.807, 2.05) is 23.0 Å². The van der Waals surface area contributed by atoms with Crippen LogP contribution in [0, 0.1) is 5.82 Å². The van der Waals surface area contributed by atoms with Gasteiger partial charge in [0.05, 0.1) is 29.6 Å². The van der Waals surface area contributed by atoms with E-state index < -0.39 is 0 Å². The van der Waals surface area contributed by atoms with Crippen molar-refractivity contribution in [2.45, 2.75) is 13.1 Å². The van der Waals surface area contributed by atoms with E-state index in [-0.39, 0.29) is 11.7 Å². The maximum Gasteiger partial charge on any atom is 0.256 e. The van der Waals surface area contributed by atoms with Crippen molar-refractivity contribution in [3.8, 4) is 11.3 Å². The van der Waals surface area contributed by atoms with Gasteiger partial charge in [0.1, 0.15) is 11.6 Å². The van der Waals surface area contributed by atoms with Crippen molar-refractivity contribution in [2.24, 2.45) is 0 Å². The molecule has 5 rings (SSSR count). The molecule has 29 heavy (non-hydrogen) atoms. The quantitative estimate of drug-likeness (QED) is 0.564. The number of nitrogens with one attached hydrogen (secondary N) is 2. The molecule has 1 amide bonds. The van der Waals surface area contributed by atoms with Gasteiger partial charge in [0.15, 0.2) is 0 Å². The van der Waals surface area contributed by atoms with Gasteiger partial charge in [-0.2, -0.15) is 5.10 Å². The lowest BCUT2D eigenvalue weighted by Gasteiger charge is -2.16. The average Bonchev–Trinajstić information content (AvgIpc) is 3.18. The van der Waals surface area contributed by atoms with Gasteiger partial charge >= 0.3 is 0 Å². The zero-order valence-electron chi connectivity index (χ0n) is 15.4. The fraction of sp³-hybridized carbons (Fsp3) is 0.143. The number of nitrogens with zero attached hydrogens (tertiary/aromatic N) is 4. The van der Waals surface area contributed by atoms with Gasteiger partial charge in [-0.15, -0.1) is 0 Å². The lowest BCUT2D eigenvalue weighted by molar-refractivity contribution is 0.102. The van der Waals surface area contributed by atoms with E-state index in [0.29, 0.717) is 11.4 Å². The first-order valence-electron chi connectivity index (χ1n) is 9.27. The Morgan fingerprint density at radius 2 is 2.00 bits per heavy atom. The highest BCUT2D eigenvalue weighted by Crippen LogP contribution is 2.26. The van der Waals surface area contributed by atoms with Gasteiger partial charge in [-0.1, -0.05) is 0 Å². The first-order chi connectivity index (χ1) is 14.2. The molecule has 4 aromatic rings. The highest BCUT2D eigenvalue weighted by molar-refractivity contribution is 6.04. The minimum absolute atomic E-state index is 0.356. The molecule has 0 radical (unpaired) electrons. The molecular weight excluding hydrogens is 371 g/mol. The summed E-state index contributed by atoms with van der Waals surface area (Å²) < 4.78 is 15.0. The average molecular weight is 388 g/mol. The van der Waals surface area contributed by atoms with Crippen LogP contribution >= 0.6 is 0 Å². The third-order valence-electron chi connectivity index (χ3n) is 4.94. The van der Waals surface area contributed by atoms with Crippen molar-refractivity contribution in [3.63, 3.8) is 0 Å². The first kappa shape index (κ1) is 17.4. The number of carbonyl (C=O) groups excluding carboxylic acids is 1. The van der Waals surface area contributed by atoms with Crippen molar-refractivity contribution < 1.29 is 9.18 Å². The number of fused-ring (bicyclic) bond motifs is 2. The summed E-state index contributed by atoms with van der Waals surface area (Å²) in [5.74, 6) is -0.361. The lowest BCUT2D eigenvalue weighted by Crippen LogP contribution is -2.28. The van der Waals surface area contributed by atoms with Crippen LogP contribution in [0.1, 0.15) is 16.1 Å². The normalized spacial score (nSPS) is 13.3. The summed E-state index contributed by atoms with van der Waals surface area (Å²) in [6, 6.07) is 11.0. The molecule has 8 heteroatoms. The molecule has 3 aromatic heterocycles. The van der Waals surface area contributed by atoms with Crippen molar-refractivity contribution in [3.05, 3.63) is 71.9 Å². The van der Waals surface area contributed by atoms with Crippen molar-refractivity contribution in [1.82, 2.24) is 25.1 Å². The molecule has 1 aromatic carbocycles. The van der Waals surface area contributed by atoms with Crippen LogP contribution < -0.4 is 10.6 Å². The molecule has 0 saturated heterocycles. The predicted molar refractivity (Wildman–Crippen MR) is 107 cm³/mol. The Labute approximate surface area is 165 Å². The number of hydrogen-bond acceptors (Lipinski definition) is 5. The van der Waals surface area contributed by atoms with E-state index in [1.165, 1.54) is 24.3 Å². The Morgan fingerprint density at radius 1 is 1.14 bits per heavy atom. The van der Waals surface area contributed by atoms with E-state index in [0.717, 1.165) is 47.5 Å². The van der Waals surface area contributed by atoms with Gasteiger partial charge in [-0.25, -0.2) is 14.4 Å². The molecule has 0 spiro atoms. The van der Waals surface area contributed by atoms with Crippen LogP contribution in [0.4, 0.5) is 10.2 Å². The summed E-state index contributed by atoms with van der Waals surface area (Å²) in [7, 11) is 0. The number of amides is 1. The summed E-state index contributed by atoms with van der Waals surface area (Å²) in [5, 5.41) is 11.4. The van der Waals surface area contributed by atoms with Crippen molar-refractivity contribution >= 4 is 22.6 Å². The highest BCUT2D eigenvalue weighted by Gasteiger charge is 2.17. The summed E-state index contributed by atoms with van der Waals surface area (Å²) >= 11 is 0. The number of benzene rings is 1. The highest BCUT2D eigenvalue weighted by atomic mass is 19.1. The number of rotatable bonds is 3. The number of halogens is 1. The maximum atomic E-state index is 13.0. The number of carbonyl (C=O) groups is 1. The molecule has 4 heterocycles. The SMILES string of the molecule is O=C(Nc1cc2nc(-c3cnn4c3CNCC4)ccc2cn1)c1ccc(F)cc1. The van der Waals surface area contributed by atoms with Gasteiger partial charge in [0.25, 0.3) is 5.91 Å². The van der Waals surface area contributed by atoms with Gasteiger partial charge in [0, 0.05) is 41.9 Å². The maximum absolute atomic E-state index is 13.0. The third kappa shape index (κ3) is 3.34. The topological polar surface area (TPSA) is 84.7 Å². The molecular formula is C21H17FN6O. The number of pyridine rings is 2. The zero-order chi connectivity index (χ0) is 19.8. The van der Waals surface area contributed by atoms with E-state index in [4.69, 9.17) is 4.98 Å². The van der Waals surface area contributed by atoms with Crippen molar-refractivity contribution in [1.29, 1.82) is 0 Å². The number of anilines is 1. The summed E-state index contributed by atoms with van der Waals surface area (Å²) in [4.78, 5) is 21.4. The smallest absolute Gasteiger partial charge is 0.256 e. The Hall–Kier alpha value is -3.65. The molecule has 0 bridgehead atoms. The van der Waals surface area contributed by atoms with E-state index in [9.17, 15) is 9.18 Å². The second kappa shape index (κ2) is 7.06. The minimum Gasteiger partial charge on any atom is -0.309 e. The monoisotopic (exact) mass is 388 g/mol. The molecule has 0 saturated carbocycles. The fourth-order valence-electron chi connectivity index (χ4n) is 3.42. The summed E-state index contributed by atoms with van der Waals surface area (Å²) in [6.07, 6.45) is 3.51. The molecule has 1 aliphatic heterocycles. The van der Waals surface area contributed by atoms with Crippen molar-refractivity contribution in [2.75, 3.05) is 11.9 Å². The lowest BCUT2D eigenvalue weighted by atomic mass is 10.1. The Balaban J connectivity index is 1.46. The molecule has 2 N–H and O–H groups in total. The largest absolute Gasteiger partial charge is 0.309 e. The molecule has 0 fully saturated rings. The second-order valence-electron chi connectivity index (χ2n) is 6.82. The number of aromatic nitrogens is 4. The molecule has 144 valence electrons. The van der Waals surface area contributed by atoms with Crippen LogP contribution in [0.25, 0.3) is 22.2 Å². The van der Waals surface area contributed by atoms with Gasteiger partial charge in [0.2, 0.25) is 0 Å². The van der Waals surface area contributed by atoms with Crippen LogP contribution in [-0.2, 0) is 13.1 Å². The Kier molecular flexibility index (Phi) is 4.25. The zero-order valence-corrected chi connectivity index (χ0v) is 15.4. The predicted octanol–water partition coefficient (Wildman–Crippen LogP) is 2.99. The van der Waals surface area contributed by atoms with Gasteiger partial charge < -0.3 is 10.6 Å². The third-order valence-corrected chi connectivity index (χ3v) is 4.94. The van der Waals surface area contributed by atoms with E-state index >= 15 is 0 Å². The second-order valence-corrected chi connectivity index (χ2v) is 6.82. The summed E-state index contributed by atoms with van der Waals surface area (Å²) in [5.41, 5.74) is 4.00. The van der Waals surface area contributed by atoms with E-state index in [1.54, 1.807) is 12.3 Å². The van der Waals surface area contributed by atoms with E-state index in [2.05, 4.69) is 20.7 Å². The number of hydrogen-bond donors (Lipinski definition) is 2. The fourth-order valence-corrected chi connectivity index (χ4v) is 3.42.